The van der Waals surface area contributed by atoms with Crippen LogP contribution in [0, 0.1) is 0 Å². The Morgan fingerprint density at radius 3 is 2.68 bits per heavy atom. The summed E-state index contributed by atoms with van der Waals surface area (Å²) in [5.74, 6) is 0. The summed E-state index contributed by atoms with van der Waals surface area (Å²) in [6.07, 6.45) is -1.12. The van der Waals surface area contributed by atoms with E-state index in [1.165, 1.54) is 0 Å². The van der Waals surface area contributed by atoms with Crippen LogP contribution < -0.4 is 5.32 Å². The third kappa shape index (κ3) is 6.52. The van der Waals surface area contributed by atoms with E-state index in [9.17, 15) is 8.78 Å². The van der Waals surface area contributed by atoms with Gasteiger partial charge in [-0.1, -0.05) is 23.2 Å². The molecule has 6 heteroatoms. The van der Waals surface area contributed by atoms with Gasteiger partial charge in [-0.3, -0.25) is 0 Å². The molecule has 0 heterocycles. The van der Waals surface area contributed by atoms with E-state index in [0.717, 1.165) is 5.56 Å². The highest BCUT2D eigenvalue weighted by atomic mass is 35.5. The van der Waals surface area contributed by atoms with Crippen LogP contribution in [0.4, 0.5) is 8.78 Å². The summed E-state index contributed by atoms with van der Waals surface area (Å²) in [5.41, 5.74) is 0.933. The first-order valence-corrected chi connectivity index (χ1v) is 6.75. The molecule has 2 nitrogen and oxygen atoms in total. The van der Waals surface area contributed by atoms with Crippen molar-refractivity contribution in [1.29, 1.82) is 0 Å². The minimum Gasteiger partial charge on any atom is -0.375 e. The minimum absolute atomic E-state index is 0.105. The first-order valence-electron chi connectivity index (χ1n) is 6.00. The Kier molecular flexibility index (Phi) is 7.61. The number of likely N-dealkylation sites (N-methyl/N-ethyl adjacent to an activating group) is 1. The van der Waals surface area contributed by atoms with Crippen LogP contribution in [0.2, 0.25) is 10.0 Å². The SMILES string of the molecule is CNC(CCOCC(F)F)Cc1cc(Cl)ccc1Cl. The van der Waals surface area contributed by atoms with Gasteiger partial charge in [-0.25, -0.2) is 8.78 Å². The maximum atomic E-state index is 11.9. The molecule has 0 aromatic heterocycles. The van der Waals surface area contributed by atoms with Crippen molar-refractivity contribution in [3.63, 3.8) is 0 Å². The Morgan fingerprint density at radius 2 is 2.05 bits per heavy atom. The van der Waals surface area contributed by atoms with Crippen molar-refractivity contribution < 1.29 is 13.5 Å². The van der Waals surface area contributed by atoms with E-state index in [4.69, 9.17) is 27.9 Å². The van der Waals surface area contributed by atoms with E-state index in [2.05, 4.69) is 5.32 Å². The Balaban J connectivity index is 2.45. The summed E-state index contributed by atoms with van der Waals surface area (Å²) in [7, 11) is 1.82. The Labute approximate surface area is 122 Å². The molecule has 1 atom stereocenters. The average Bonchev–Trinajstić information content (AvgIpc) is 2.37. The molecule has 0 amide bonds. The Hall–Kier alpha value is -0.420. The second-order valence-corrected chi connectivity index (χ2v) is 5.02. The smallest absolute Gasteiger partial charge is 0.261 e. The zero-order chi connectivity index (χ0) is 14.3. The molecule has 0 aliphatic carbocycles. The molecule has 1 aromatic carbocycles. The summed E-state index contributed by atoms with van der Waals surface area (Å²) >= 11 is 12.0. The normalized spacial score (nSPS) is 12.9. The van der Waals surface area contributed by atoms with E-state index in [-0.39, 0.29) is 12.6 Å². The van der Waals surface area contributed by atoms with Gasteiger partial charge >= 0.3 is 0 Å². The Bertz CT molecular complexity index is 391. The van der Waals surface area contributed by atoms with Crippen molar-refractivity contribution in [3.05, 3.63) is 33.8 Å². The fraction of sp³-hybridized carbons (Fsp3) is 0.538. The maximum Gasteiger partial charge on any atom is 0.261 e. The molecular formula is C13H17Cl2F2NO. The number of benzene rings is 1. The highest BCUT2D eigenvalue weighted by Gasteiger charge is 2.11. The van der Waals surface area contributed by atoms with Gasteiger partial charge in [0.05, 0.1) is 0 Å². The largest absolute Gasteiger partial charge is 0.375 e. The van der Waals surface area contributed by atoms with Gasteiger partial charge in [0, 0.05) is 22.7 Å². The van der Waals surface area contributed by atoms with E-state index in [1.807, 2.05) is 13.1 Å². The van der Waals surface area contributed by atoms with Crippen LogP contribution in [0.5, 0.6) is 0 Å². The summed E-state index contributed by atoms with van der Waals surface area (Å²) in [4.78, 5) is 0. The van der Waals surface area contributed by atoms with E-state index >= 15 is 0 Å². The summed E-state index contributed by atoms with van der Waals surface area (Å²) in [5, 5.41) is 4.40. The lowest BCUT2D eigenvalue weighted by Crippen LogP contribution is -2.29. The van der Waals surface area contributed by atoms with Crippen molar-refractivity contribution in [2.24, 2.45) is 0 Å². The molecule has 0 saturated carbocycles. The first-order chi connectivity index (χ1) is 9.02. The number of halogens is 4. The van der Waals surface area contributed by atoms with Crippen LogP contribution in [-0.2, 0) is 11.2 Å². The zero-order valence-corrected chi connectivity index (χ0v) is 12.1. The molecule has 1 aromatic rings. The molecule has 1 N–H and O–H groups in total. The third-order valence-corrected chi connectivity index (χ3v) is 3.34. The van der Waals surface area contributed by atoms with Crippen LogP contribution in [0.3, 0.4) is 0 Å². The second-order valence-electron chi connectivity index (χ2n) is 4.18. The monoisotopic (exact) mass is 311 g/mol. The van der Waals surface area contributed by atoms with Crippen molar-refractivity contribution in [3.8, 4) is 0 Å². The standard InChI is InChI=1S/C13H17Cl2F2NO/c1-18-11(4-5-19-8-13(16)17)7-9-6-10(14)2-3-12(9)15/h2-3,6,11,13,18H,4-5,7-8H2,1H3. The van der Waals surface area contributed by atoms with Crippen LogP contribution in [0.1, 0.15) is 12.0 Å². The van der Waals surface area contributed by atoms with Crippen LogP contribution >= 0.6 is 23.2 Å². The number of hydrogen-bond acceptors (Lipinski definition) is 2. The fourth-order valence-electron chi connectivity index (χ4n) is 1.71. The lowest BCUT2D eigenvalue weighted by atomic mass is 10.0. The average molecular weight is 312 g/mol. The molecule has 0 saturated heterocycles. The number of nitrogens with one attached hydrogen (secondary N) is 1. The molecule has 0 spiro atoms. The fourth-order valence-corrected chi connectivity index (χ4v) is 2.10. The summed E-state index contributed by atoms with van der Waals surface area (Å²) < 4.78 is 28.7. The lowest BCUT2D eigenvalue weighted by Gasteiger charge is -2.17. The van der Waals surface area contributed by atoms with Gasteiger partial charge < -0.3 is 10.1 Å². The predicted octanol–water partition coefficient (Wildman–Crippen LogP) is 3.80. The zero-order valence-electron chi connectivity index (χ0n) is 10.6. The molecule has 0 radical (unpaired) electrons. The molecule has 19 heavy (non-hydrogen) atoms. The number of rotatable bonds is 8. The van der Waals surface area contributed by atoms with Crippen molar-refractivity contribution in [1.82, 2.24) is 5.32 Å². The van der Waals surface area contributed by atoms with Crippen molar-refractivity contribution >= 4 is 23.2 Å². The third-order valence-electron chi connectivity index (χ3n) is 2.74. The summed E-state index contributed by atoms with van der Waals surface area (Å²) in [6, 6.07) is 5.40. The molecule has 0 bridgehead atoms. The van der Waals surface area contributed by atoms with Gasteiger partial charge in [-0.2, -0.15) is 0 Å². The van der Waals surface area contributed by atoms with E-state index < -0.39 is 13.0 Å². The molecule has 0 aliphatic rings. The summed E-state index contributed by atoms with van der Waals surface area (Å²) in [6.45, 7) is -0.234. The number of hydrogen-bond donors (Lipinski definition) is 1. The maximum absolute atomic E-state index is 11.9. The quantitative estimate of drug-likeness (QED) is 0.737. The molecule has 0 aliphatic heterocycles. The van der Waals surface area contributed by atoms with Crippen molar-refractivity contribution in [2.75, 3.05) is 20.3 Å². The molecule has 108 valence electrons. The van der Waals surface area contributed by atoms with Gasteiger partial charge in [-0.15, -0.1) is 0 Å². The predicted molar refractivity (Wildman–Crippen MR) is 74.5 cm³/mol. The van der Waals surface area contributed by atoms with Crippen LogP contribution in [0.15, 0.2) is 18.2 Å². The number of ether oxygens (including phenoxy) is 1. The highest BCUT2D eigenvalue weighted by molar-refractivity contribution is 6.33. The van der Waals surface area contributed by atoms with Gasteiger partial charge in [-0.05, 0) is 43.7 Å². The molecule has 1 unspecified atom stereocenters. The van der Waals surface area contributed by atoms with Gasteiger partial charge in [0.2, 0.25) is 0 Å². The minimum atomic E-state index is -2.42. The van der Waals surface area contributed by atoms with Crippen molar-refractivity contribution in [2.45, 2.75) is 25.3 Å². The molecule has 0 fully saturated rings. The first kappa shape index (κ1) is 16.6. The van der Waals surface area contributed by atoms with E-state index in [1.54, 1.807) is 12.1 Å². The highest BCUT2D eigenvalue weighted by Crippen LogP contribution is 2.22. The van der Waals surface area contributed by atoms with Gasteiger partial charge in [0.15, 0.2) is 0 Å². The molecule has 1 rings (SSSR count). The molecular weight excluding hydrogens is 295 g/mol. The Morgan fingerprint density at radius 1 is 1.32 bits per heavy atom. The van der Waals surface area contributed by atoms with Crippen LogP contribution in [-0.4, -0.2) is 32.7 Å². The lowest BCUT2D eigenvalue weighted by molar-refractivity contribution is 0.0146. The topological polar surface area (TPSA) is 21.3 Å². The number of alkyl halides is 2. The van der Waals surface area contributed by atoms with Crippen LogP contribution in [0.25, 0.3) is 0 Å². The van der Waals surface area contributed by atoms with Gasteiger partial charge in [0.1, 0.15) is 6.61 Å². The van der Waals surface area contributed by atoms with Gasteiger partial charge in [0.25, 0.3) is 6.43 Å². The van der Waals surface area contributed by atoms with E-state index in [0.29, 0.717) is 22.9 Å². The second kappa shape index (κ2) is 8.69.